The lowest BCUT2D eigenvalue weighted by atomic mass is 10.1. The van der Waals surface area contributed by atoms with Crippen molar-refractivity contribution in [2.24, 2.45) is 5.84 Å². The second-order valence-electron chi connectivity index (χ2n) is 4.11. The van der Waals surface area contributed by atoms with E-state index in [0.717, 1.165) is 11.3 Å². The molecule has 0 amide bonds. The van der Waals surface area contributed by atoms with E-state index >= 15 is 0 Å². The van der Waals surface area contributed by atoms with Gasteiger partial charge in [0.05, 0.1) is 26.1 Å². The Labute approximate surface area is 117 Å². The first kappa shape index (κ1) is 14.2. The van der Waals surface area contributed by atoms with Gasteiger partial charge in [0.25, 0.3) is 0 Å². The fraction of sp³-hybridized carbons (Fsp3) is 0.308. The van der Waals surface area contributed by atoms with Gasteiger partial charge in [0.1, 0.15) is 11.7 Å². The van der Waals surface area contributed by atoms with E-state index in [2.05, 4.69) is 20.4 Å². The molecule has 2 aromatic heterocycles. The van der Waals surface area contributed by atoms with Gasteiger partial charge in [-0.15, -0.1) is 0 Å². The van der Waals surface area contributed by atoms with Crippen molar-refractivity contribution in [3.63, 3.8) is 0 Å². The normalized spacial score (nSPS) is 12.0. The fourth-order valence-corrected chi connectivity index (χ4v) is 1.90. The minimum absolute atomic E-state index is 0.345. The van der Waals surface area contributed by atoms with E-state index in [1.54, 1.807) is 6.20 Å². The molecular formula is C13H17N5O2. The number of ether oxygens (including phenoxy) is 2. The van der Waals surface area contributed by atoms with E-state index < -0.39 is 6.04 Å². The molecule has 20 heavy (non-hydrogen) atoms. The van der Waals surface area contributed by atoms with Gasteiger partial charge in [-0.2, -0.15) is 4.98 Å². The Morgan fingerprint density at radius 1 is 1.20 bits per heavy atom. The second kappa shape index (κ2) is 6.27. The van der Waals surface area contributed by atoms with Gasteiger partial charge < -0.3 is 9.47 Å². The largest absolute Gasteiger partial charge is 0.480 e. The average Bonchev–Trinajstić information content (AvgIpc) is 2.50. The number of methoxy groups -OCH3 is 2. The van der Waals surface area contributed by atoms with Crippen LogP contribution < -0.4 is 20.7 Å². The summed E-state index contributed by atoms with van der Waals surface area (Å²) in [5, 5.41) is 0. The van der Waals surface area contributed by atoms with Crippen LogP contribution in [0.15, 0.2) is 24.5 Å². The maximum atomic E-state index is 5.66. The van der Waals surface area contributed by atoms with E-state index in [9.17, 15) is 0 Å². The maximum absolute atomic E-state index is 5.66. The Kier molecular flexibility index (Phi) is 4.44. The van der Waals surface area contributed by atoms with Crippen molar-refractivity contribution in [3.8, 4) is 11.8 Å². The van der Waals surface area contributed by atoms with Crippen molar-refractivity contribution in [1.29, 1.82) is 0 Å². The standard InChI is InChI=1S/C13H17N5O2/c1-8-5-4-6-15-10(8)11(18-14)12-13(20-3)17-9(19-2)7-16-12/h4-7,11,18H,14H2,1-3H3. The summed E-state index contributed by atoms with van der Waals surface area (Å²) in [7, 11) is 3.04. The van der Waals surface area contributed by atoms with Gasteiger partial charge in [-0.1, -0.05) is 6.07 Å². The molecule has 0 aliphatic carbocycles. The molecule has 1 unspecified atom stereocenters. The van der Waals surface area contributed by atoms with E-state index in [1.165, 1.54) is 20.4 Å². The van der Waals surface area contributed by atoms with Crippen LogP contribution in [0.4, 0.5) is 0 Å². The molecule has 0 saturated heterocycles. The highest BCUT2D eigenvalue weighted by Gasteiger charge is 2.23. The molecule has 1 atom stereocenters. The van der Waals surface area contributed by atoms with Crippen LogP contribution in [-0.2, 0) is 0 Å². The van der Waals surface area contributed by atoms with E-state index in [1.807, 2.05) is 19.1 Å². The minimum Gasteiger partial charge on any atom is -0.480 e. The molecule has 0 bridgehead atoms. The summed E-state index contributed by atoms with van der Waals surface area (Å²) < 4.78 is 10.3. The third kappa shape index (κ3) is 2.68. The summed E-state index contributed by atoms with van der Waals surface area (Å²) >= 11 is 0. The van der Waals surface area contributed by atoms with Crippen LogP contribution in [0.2, 0.25) is 0 Å². The molecule has 2 rings (SSSR count). The molecule has 2 aromatic rings. The highest BCUT2D eigenvalue weighted by Crippen LogP contribution is 2.28. The quantitative estimate of drug-likeness (QED) is 0.614. The van der Waals surface area contributed by atoms with Crippen LogP contribution in [0, 0.1) is 6.92 Å². The first-order valence-electron chi connectivity index (χ1n) is 6.03. The van der Waals surface area contributed by atoms with Crippen molar-refractivity contribution in [2.75, 3.05) is 14.2 Å². The summed E-state index contributed by atoms with van der Waals surface area (Å²) in [5.41, 5.74) is 5.02. The molecule has 7 nitrogen and oxygen atoms in total. The zero-order chi connectivity index (χ0) is 14.5. The highest BCUT2D eigenvalue weighted by molar-refractivity contribution is 5.34. The first-order chi connectivity index (χ1) is 9.71. The number of aryl methyl sites for hydroxylation is 1. The number of nitrogens with one attached hydrogen (secondary N) is 1. The van der Waals surface area contributed by atoms with E-state index in [0.29, 0.717) is 17.5 Å². The third-order valence-electron chi connectivity index (χ3n) is 2.91. The fourth-order valence-electron chi connectivity index (χ4n) is 1.90. The number of rotatable bonds is 5. The molecular weight excluding hydrogens is 258 g/mol. The van der Waals surface area contributed by atoms with Crippen LogP contribution in [0.5, 0.6) is 11.8 Å². The molecule has 0 radical (unpaired) electrons. The van der Waals surface area contributed by atoms with Crippen molar-refractivity contribution >= 4 is 0 Å². The van der Waals surface area contributed by atoms with Crippen molar-refractivity contribution in [2.45, 2.75) is 13.0 Å². The van der Waals surface area contributed by atoms with Crippen LogP contribution in [0.25, 0.3) is 0 Å². The van der Waals surface area contributed by atoms with E-state index in [4.69, 9.17) is 15.3 Å². The van der Waals surface area contributed by atoms with Gasteiger partial charge in [-0.05, 0) is 18.6 Å². The summed E-state index contributed by atoms with van der Waals surface area (Å²) in [6.45, 7) is 1.95. The topological polar surface area (TPSA) is 95.2 Å². The SMILES string of the molecule is COc1cnc(C(NN)c2ncccc2C)c(OC)n1. The third-order valence-corrected chi connectivity index (χ3v) is 2.91. The number of hydrogen-bond donors (Lipinski definition) is 2. The molecule has 0 spiro atoms. The lowest BCUT2D eigenvalue weighted by molar-refractivity contribution is 0.352. The summed E-state index contributed by atoms with van der Waals surface area (Å²) in [4.78, 5) is 12.9. The smallest absolute Gasteiger partial charge is 0.240 e. The molecule has 0 aromatic carbocycles. The first-order valence-corrected chi connectivity index (χ1v) is 6.03. The van der Waals surface area contributed by atoms with Crippen molar-refractivity contribution < 1.29 is 9.47 Å². The average molecular weight is 275 g/mol. The Hall–Kier alpha value is -2.25. The monoisotopic (exact) mass is 275 g/mol. The number of aromatic nitrogens is 3. The maximum Gasteiger partial charge on any atom is 0.240 e. The second-order valence-corrected chi connectivity index (χ2v) is 4.11. The number of hydrazine groups is 1. The highest BCUT2D eigenvalue weighted by atomic mass is 16.5. The lowest BCUT2D eigenvalue weighted by Crippen LogP contribution is -2.31. The van der Waals surface area contributed by atoms with Gasteiger partial charge in [-0.25, -0.2) is 10.4 Å². The predicted molar refractivity (Wildman–Crippen MR) is 73.3 cm³/mol. The zero-order valence-electron chi connectivity index (χ0n) is 11.6. The number of hydrogen-bond acceptors (Lipinski definition) is 7. The lowest BCUT2D eigenvalue weighted by Gasteiger charge is -2.18. The molecule has 0 aliphatic rings. The Balaban J connectivity index is 2.49. The number of pyridine rings is 1. The predicted octanol–water partition coefficient (Wildman–Crippen LogP) is 0.750. The molecule has 106 valence electrons. The van der Waals surface area contributed by atoms with Gasteiger partial charge >= 0.3 is 0 Å². The summed E-state index contributed by atoms with van der Waals surface area (Å²) in [5.74, 6) is 6.37. The minimum atomic E-state index is -0.412. The van der Waals surface area contributed by atoms with Crippen LogP contribution >= 0.6 is 0 Å². The molecule has 3 N–H and O–H groups in total. The molecule has 0 saturated carbocycles. The van der Waals surface area contributed by atoms with Crippen molar-refractivity contribution in [1.82, 2.24) is 20.4 Å². The van der Waals surface area contributed by atoms with Crippen LogP contribution in [-0.4, -0.2) is 29.2 Å². The van der Waals surface area contributed by atoms with Gasteiger partial charge in [0.2, 0.25) is 11.8 Å². The zero-order valence-corrected chi connectivity index (χ0v) is 11.6. The molecule has 2 heterocycles. The van der Waals surface area contributed by atoms with Crippen LogP contribution in [0.1, 0.15) is 23.0 Å². The van der Waals surface area contributed by atoms with Crippen molar-refractivity contribution in [3.05, 3.63) is 41.5 Å². The Bertz CT molecular complexity index is 591. The van der Waals surface area contributed by atoms with Gasteiger partial charge in [-0.3, -0.25) is 10.8 Å². The van der Waals surface area contributed by atoms with Gasteiger partial charge in [0, 0.05) is 6.20 Å². The number of nitrogens with zero attached hydrogens (tertiary/aromatic N) is 3. The Morgan fingerprint density at radius 3 is 2.60 bits per heavy atom. The summed E-state index contributed by atoms with van der Waals surface area (Å²) in [6.07, 6.45) is 3.22. The van der Waals surface area contributed by atoms with Crippen LogP contribution in [0.3, 0.4) is 0 Å². The van der Waals surface area contributed by atoms with Gasteiger partial charge in [0.15, 0.2) is 0 Å². The van der Waals surface area contributed by atoms with E-state index in [-0.39, 0.29) is 0 Å². The Morgan fingerprint density at radius 2 is 2.00 bits per heavy atom. The molecule has 0 fully saturated rings. The molecule has 7 heteroatoms. The molecule has 0 aliphatic heterocycles. The number of nitrogens with two attached hydrogens (primary N) is 1. The summed E-state index contributed by atoms with van der Waals surface area (Å²) in [6, 6.07) is 3.41.